The number of pyridine rings is 1. The Hall–Kier alpha value is -2.36. The topological polar surface area (TPSA) is 53.2 Å². The number of carbonyl (C=O) groups excluding carboxylic acids is 1. The van der Waals surface area contributed by atoms with Crippen molar-refractivity contribution in [2.75, 3.05) is 6.54 Å². The molecule has 4 nitrogen and oxygen atoms in total. The largest absolute Gasteiger partial charge is 0.335 e. The number of rotatable bonds is 3. The predicted molar refractivity (Wildman–Crippen MR) is 90.7 cm³/mol. The van der Waals surface area contributed by atoms with Gasteiger partial charge in [0.25, 0.3) is 5.91 Å². The Morgan fingerprint density at radius 2 is 2.09 bits per heavy atom. The van der Waals surface area contributed by atoms with E-state index in [1.54, 1.807) is 6.07 Å². The molecule has 1 aromatic carbocycles. The summed E-state index contributed by atoms with van der Waals surface area (Å²) in [5.41, 5.74) is 4.21. The Balaban J connectivity index is 1.80. The number of aromatic nitrogens is 1. The third kappa shape index (κ3) is 3.36. The molecule has 1 aliphatic rings. The summed E-state index contributed by atoms with van der Waals surface area (Å²) in [6.07, 6.45) is 4.47. The molecule has 0 spiro atoms. The van der Waals surface area contributed by atoms with Crippen LogP contribution in [0.25, 0.3) is 0 Å². The van der Waals surface area contributed by atoms with Crippen LogP contribution in [0.2, 0.25) is 0 Å². The van der Waals surface area contributed by atoms with Crippen molar-refractivity contribution >= 4 is 5.91 Å². The van der Waals surface area contributed by atoms with E-state index in [0.717, 1.165) is 25.8 Å². The van der Waals surface area contributed by atoms with Crippen molar-refractivity contribution in [3.05, 3.63) is 69.1 Å². The molecule has 23 heavy (non-hydrogen) atoms. The molecule has 0 radical (unpaired) electrons. The molecule has 2 aromatic rings. The Labute approximate surface area is 136 Å². The zero-order valence-corrected chi connectivity index (χ0v) is 13.6. The number of aromatic amines is 1. The van der Waals surface area contributed by atoms with E-state index in [0.29, 0.717) is 5.56 Å². The lowest BCUT2D eigenvalue weighted by molar-refractivity contribution is 0.0736. The van der Waals surface area contributed by atoms with Gasteiger partial charge in [-0.25, -0.2) is 0 Å². The van der Waals surface area contributed by atoms with Crippen LogP contribution in [0.4, 0.5) is 0 Å². The van der Waals surface area contributed by atoms with Gasteiger partial charge in [-0.1, -0.05) is 23.8 Å². The van der Waals surface area contributed by atoms with Crippen molar-refractivity contribution in [3.8, 4) is 0 Å². The zero-order valence-electron chi connectivity index (χ0n) is 13.6. The first-order valence-electron chi connectivity index (χ1n) is 8.10. The number of benzene rings is 1. The summed E-state index contributed by atoms with van der Waals surface area (Å²) in [7, 11) is 0. The van der Waals surface area contributed by atoms with E-state index in [4.69, 9.17) is 0 Å². The summed E-state index contributed by atoms with van der Waals surface area (Å²) in [5.74, 6) is 0.00839. The van der Waals surface area contributed by atoms with E-state index in [2.05, 4.69) is 37.0 Å². The molecule has 0 bridgehead atoms. The Morgan fingerprint density at radius 3 is 2.83 bits per heavy atom. The number of hydrogen-bond acceptors (Lipinski definition) is 2. The second kappa shape index (κ2) is 6.41. The highest BCUT2D eigenvalue weighted by molar-refractivity contribution is 5.94. The van der Waals surface area contributed by atoms with Crippen LogP contribution in [0, 0.1) is 13.8 Å². The minimum absolute atomic E-state index is 0.00839. The molecule has 1 atom stereocenters. The van der Waals surface area contributed by atoms with Crippen molar-refractivity contribution in [3.63, 3.8) is 0 Å². The van der Waals surface area contributed by atoms with Gasteiger partial charge in [0.05, 0.1) is 5.56 Å². The van der Waals surface area contributed by atoms with Gasteiger partial charge in [0.2, 0.25) is 5.56 Å². The van der Waals surface area contributed by atoms with Crippen LogP contribution in [0.5, 0.6) is 0 Å². The standard InChI is InChI=1S/C19H22N2O2/c1-13-5-6-14(2)16(10-13)11-17-4-3-9-21(17)19(23)15-7-8-18(22)20-12-15/h5-8,10,12,17H,3-4,9,11H2,1-2H3,(H,20,22). The number of nitrogens with zero attached hydrogens (tertiary/aromatic N) is 1. The summed E-state index contributed by atoms with van der Waals surface area (Å²) in [5, 5.41) is 0. The fourth-order valence-electron chi connectivity index (χ4n) is 3.30. The molecule has 0 aliphatic carbocycles. The van der Waals surface area contributed by atoms with E-state index >= 15 is 0 Å². The van der Waals surface area contributed by atoms with E-state index in [1.807, 2.05) is 4.90 Å². The summed E-state index contributed by atoms with van der Waals surface area (Å²) >= 11 is 0. The molecular formula is C19H22N2O2. The fourth-order valence-corrected chi connectivity index (χ4v) is 3.30. The molecule has 4 heteroatoms. The molecule has 1 fully saturated rings. The number of amides is 1. The minimum Gasteiger partial charge on any atom is -0.335 e. The monoisotopic (exact) mass is 310 g/mol. The van der Waals surface area contributed by atoms with Crippen molar-refractivity contribution < 1.29 is 4.79 Å². The van der Waals surface area contributed by atoms with E-state index in [1.165, 1.54) is 29.0 Å². The van der Waals surface area contributed by atoms with Crippen LogP contribution in [-0.4, -0.2) is 28.4 Å². The zero-order chi connectivity index (χ0) is 16.4. The predicted octanol–water partition coefficient (Wildman–Crippen LogP) is 2.84. The smallest absolute Gasteiger partial charge is 0.255 e. The molecule has 0 saturated carbocycles. The van der Waals surface area contributed by atoms with Crippen molar-refractivity contribution in [1.29, 1.82) is 0 Å². The van der Waals surface area contributed by atoms with Gasteiger partial charge in [-0.2, -0.15) is 0 Å². The van der Waals surface area contributed by atoms with Crippen LogP contribution in [0.1, 0.15) is 39.9 Å². The molecule has 3 rings (SSSR count). The average molecular weight is 310 g/mol. The van der Waals surface area contributed by atoms with Gasteiger partial charge < -0.3 is 9.88 Å². The molecule has 1 aliphatic heterocycles. The lowest BCUT2D eigenvalue weighted by atomic mass is 9.97. The van der Waals surface area contributed by atoms with Crippen LogP contribution >= 0.6 is 0 Å². The summed E-state index contributed by atoms with van der Waals surface area (Å²) < 4.78 is 0. The van der Waals surface area contributed by atoms with Gasteiger partial charge in [-0.05, 0) is 50.3 Å². The van der Waals surface area contributed by atoms with Gasteiger partial charge in [0.1, 0.15) is 0 Å². The van der Waals surface area contributed by atoms with Crippen LogP contribution in [0.15, 0.2) is 41.3 Å². The van der Waals surface area contributed by atoms with E-state index in [9.17, 15) is 9.59 Å². The number of carbonyl (C=O) groups is 1. The number of nitrogens with one attached hydrogen (secondary N) is 1. The van der Waals surface area contributed by atoms with Crippen LogP contribution < -0.4 is 5.56 Å². The first-order valence-corrected chi connectivity index (χ1v) is 8.10. The summed E-state index contributed by atoms with van der Waals surface area (Å²) in [6.45, 7) is 5.01. The van der Waals surface area contributed by atoms with Gasteiger partial charge in [0.15, 0.2) is 0 Å². The Bertz CT molecular complexity index is 759. The highest BCUT2D eigenvalue weighted by atomic mass is 16.2. The SMILES string of the molecule is Cc1ccc(C)c(CC2CCCN2C(=O)c2ccc(=O)[nH]c2)c1. The Kier molecular flexibility index (Phi) is 4.33. The second-order valence-electron chi connectivity index (χ2n) is 6.37. The maximum absolute atomic E-state index is 12.7. The second-order valence-corrected chi connectivity index (χ2v) is 6.37. The average Bonchev–Trinajstić information content (AvgIpc) is 2.99. The maximum Gasteiger partial charge on any atom is 0.255 e. The van der Waals surface area contributed by atoms with Crippen molar-refractivity contribution in [1.82, 2.24) is 9.88 Å². The molecule has 1 saturated heterocycles. The quantitative estimate of drug-likeness (QED) is 0.948. The molecule has 120 valence electrons. The van der Waals surface area contributed by atoms with Gasteiger partial charge >= 0.3 is 0 Å². The van der Waals surface area contributed by atoms with E-state index < -0.39 is 0 Å². The third-order valence-electron chi connectivity index (χ3n) is 4.63. The molecule has 2 heterocycles. The molecular weight excluding hydrogens is 288 g/mol. The Morgan fingerprint density at radius 1 is 1.26 bits per heavy atom. The number of likely N-dealkylation sites (tertiary alicyclic amines) is 1. The van der Waals surface area contributed by atoms with E-state index in [-0.39, 0.29) is 17.5 Å². The fraction of sp³-hybridized carbons (Fsp3) is 0.368. The lowest BCUT2D eigenvalue weighted by Gasteiger charge is -2.25. The number of aryl methyl sites for hydroxylation is 2. The minimum atomic E-state index is -0.185. The van der Waals surface area contributed by atoms with Crippen molar-refractivity contribution in [2.24, 2.45) is 0 Å². The van der Waals surface area contributed by atoms with Gasteiger partial charge in [-0.15, -0.1) is 0 Å². The van der Waals surface area contributed by atoms with Crippen LogP contribution in [0.3, 0.4) is 0 Å². The summed E-state index contributed by atoms with van der Waals surface area (Å²) in [4.78, 5) is 28.4. The van der Waals surface area contributed by atoms with Gasteiger partial charge in [0, 0.05) is 24.8 Å². The third-order valence-corrected chi connectivity index (χ3v) is 4.63. The number of hydrogen-bond donors (Lipinski definition) is 1. The highest BCUT2D eigenvalue weighted by Crippen LogP contribution is 2.24. The molecule has 1 amide bonds. The first kappa shape index (κ1) is 15.5. The summed E-state index contributed by atoms with van der Waals surface area (Å²) in [6, 6.07) is 9.73. The first-order chi connectivity index (χ1) is 11.0. The normalized spacial score (nSPS) is 17.5. The molecule has 1 unspecified atom stereocenters. The van der Waals surface area contributed by atoms with Gasteiger partial charge in [-0.3, -0.25) is 9.59 Å². The van der Waals surface area contributed by atoms with Crippen molar-refractivity contribution in [2.45, 2.75) is 39.2 Å². The lowest BCUT2D eigenvalue weighted by Crippen LogP contribution is -2.37. The van der Waals surface area contributed by atoms with Crippen LogP contribution in [-0.2, 0) is 6.42 Å². The molecule has 1 aromatic heterocycles. The molecule has 1 N–H and O–H groups in total. The maximum atomic E-state index is 12.7. The number of H-pyrrole nitrogens is 1. The highest BCUT2D eigenvalue weighted by Gasteiger charge is 2.29.